The number of hydrogen-bond donors (Lipinski definition) is 0. The van der Waals surface area contributed by atoms with Crippen molar-refractivity contribution >= 4 is 12.1 Å². The van der Waals surface area contributed by atoms with Crippen molar-refractivity contribution in [2.45, 2.75) is 64.3 Å². The number of hydrogen-bond acceptors (Lipinski definition) is 4. The van der Waals surface area contributed by atoms with Gasteiger partial charge in [-0.2, -0.15) is 0 Å². The van der Waals surface area contributed by atoms with E-state index in [-0.39, 0.29) is 24.7 Å². The summed E-state index contributed by atoms with van der Waals surface area (Å²) < 4.78 is 10.9. The van der Waals surface area contributed by atoms with Crippen LogP contribution in [0.2, 0.25) is 0 Å². The molecule has 0 radical (unpaired) electrons. The van der Waals surface area contributed by atoms with Crippen molar-refractivity contribution in [1.29, 1.82) is 0 Å². The summed E-state index contributed by atoms with van der Waals surface area (Å²) in [5, 5.41) is 0. The first-order valence-corrected chi connectivity index (χ1v) is 10.2. The Hall–Kier alpha value is -2.56. The number of carbonyl (C=O) groups excluding carboxylic acids is 1. The van der Waals surface area contributed by atoms with E-state index in [1.807, 2.05) is 36.1 Å². The molecule has 0 bridgehead atoms. The molecule has 1 saturated carbocycles. The summed E-state index contributed by atoms with van der Waals surface area (Å²) in [5.41, 5.74) is 0.959. The lowest BCUT2D eigenvalue weighted by Crippen LogP contribution is -2.42. The van der Waals surface area contributed by atoms with Gasteiger partial charge in [0.1, 0.15) is 5.82 Å². The molecule has 28 heavy (non-hydrogen) atoms. The number of allylic oxidation sites excluding steroid dienone is 2. The van der Waals surface area contributed by atoms with E-state index in [1.54, 1.807) is 12.3 Å². The third-order valence-corrected chi connectivity index (χ3v) is 5.50. The van der Waals surface area contributed by atoms with Crippen LogP contribution in [0.4, 0.5) is 0 Å². The maximum atomic E-state index is 13.8. The Morgan fingerprint density at radius 1 is 1.29 bits per heavy atom. The van der Waals surface area contributed by atoms with Crippen LogP contribution in [0.5, 0.6) is 11.5 Å². The van der Waals surface area contributed by atoms with E-state index in [0.29, 0.717) is 18.0 Å². The van der Waals surface area contributed by atoms with Gasteiger partial charge >= 0.3 is 0 Å². The largest absolute Gasteiger partial charge is 0.454 e. The quantitative estimate of drug-likeness (QED) is 0.610. The Balaban J connectivity index is 1.93. The van der Waals surface area contributed by atoms with Gasteiger partial charge in [-0.3, -0.25) is 9.69 Å². The molecular formula is C23H30N2O3. The highest BCUT2D eigenvalue weighted by Gasteiger charge is 2.33. The average molecular weight is 383 g/mol. The number of aliphatic imine (C=N–C) groups is 1. The molecule has 1 fully saturated rings. The zero-order valence-corrected chi connectivity index (χ0v) is 16.9. The molecule has 1 aliphatic carbocycles. The van der Waals surface area contributed by atoms with E-state index >= 15 is 0 Å². The lowest BCUT2D eigenvalue weighted by molar-refractivity contribution is -0.133. The van der Waals surface area contributed by atoms with Gasteiger partial charge in [-0.1, -0.05) is 44.9 Å². The van der Waals surface area contributed by atoms with Crippen LogP contribution in [0.15, 0.2) is 47.7 Å². The van der Waals surface area contributed by atoms with E-state index < -0.39 is 0 Å². The highest BCUT2D eigenvalue weighted by atomic mass is 16.7. The predicted octanol–water partition coefficient (Wildman–Crippen LogP) is 5.19. The van der Waals surface area contributed by atoms with Crippen LogP contribution >= 0.6 is 0 Å². The van der Waals surface area contributed by atoms with Crippen LogP contribution in [0, 0.1) is 0 Å². The number of carbonyl (C=O) groups is 1. The van der Waals surface area contributed by atoms with Crippen molar-refractivity contribution in [3.05, 3.63) is 48.3 Å². The van der Waals surface area contributed by atoms with Gasteiger partial charge in [-0.25, -0.2) is 4.99 Å². The third-order valence-electron chi connectivity index (χ3n) is 5.50. The summed E-state index contributed by atoms with van der Waals surface area (Å²) in [5.74, 6) is 2.01. The normalized spacial score (nSPS) is 18.3. The first-order chi connectivity index (χ1) is 13.7. The first-order valence-electron chi connectivity index (χ1n) is 10.2. The van der Waals surface area contributed by atoms with E-state index in [9.17, 15) is 4.79 Å². The van der Waals surface area contributed by atoms with Crippen LogP contribution in [0.1, 0.15) is 63.9 Å². The zero-order chi connectivity index (χ0) is 19.9. The molecule has 5 nitrogen and oxygen atoms in total. The molecule has 1 unspecified atom stereocenters. The van der Waals surface area contributed by atoms with Gasteiger partial charge in [-0.05, 0) is 50.0 Å². The minimum Gasteiger partial charge on any atom is -0.454 e. The molecule has 0 spiro atoms. The number of fused-ring (bicyclic) bond motifs is 1. The highest BCUT2D eigenvalue weighted by molar-refractivity contribution is 5.86. The van der Waals surface area contributed by atoms with Crippen molar-refractivity contribution in [1.82, 2.24) is 4.90 Å². The number of nitrogens with zero attached hydrogens (tertiary/aromatic N) is 2. The van der Waals surface area contributed by atoms with Crippen molar-refractivity contribution < 1.29 is 14.3 Å². The van der Waals surface area contributed by atoms with Gasteiger partial charge in [0, 0.05) is 12.3 Å². The van der Waals surface area contributed by atoms with E-state index in [1.165, 1.54) is 6.42 Å². The van der Waals surface area contributed by atoms with E-state index in [0.717, 1.165) is 37.0 Å². The van der Waals surface area contributed by atoms with Gasteiger partial charge in [0.15, 0.2) is 11.5 Å². The summed E-state index contributed by atoms with van der Waals surface area (Å²) in [7, 11) is 0. The zero-order valence-electron chi connectivity index (χ0n) is 16.9. The molecule has 5 heteroatoms. The van der Waals surface area contributed by atoms with Crippen molar-refractivity contribution in [3.63, 3.8) is 0 Å². The van der Waals surface area contributed by atoms with Crippen molar-refractivity contribution in [3.8, 4) is 11.5 Å². The molecule has 0 N–H and O–H groups in total. The van der Waals surface area contributed by atoms with Gasteiger partial charge in [0.25, 0.3) is 0 Å². The summed E-state index contributed by atoms with van der Waals surface area (Å²) in [6, 6.07) is 6.00. The number of amides is 1. The van der Waals surface area contributed by atoms with Crippen LogP contribution in [-0.2, 0) is 4.79 Å². The summed E-state index contributed by atoms with van der Waals surface area (Å²) >= 11 is 0. The van der Waals surface area contributed by atoms with E-state index in [2.05, 4.69) is 18.5 Å². The Morgan fingerprint density at radius 2 is 2.04 bits per heavy atom. The molecule has 2 aliphatic rings. The topological polar surface area (TPSA) is 51.1 Å². The van der Waals surface area contributed by atoms with Gasteiger partial charge in [0.05, 0.1) is 5.92 Å². The van der Waals surface area contributed by atoms with Crippen molar-refractivity contribution in [2.75, 3.05) is 6.79 Å². The molecule has 1 aliphatic heterocycles. The van der Waals surface area contributed by atoms with Gasteiger partial charge in [0.2, 0.25) is 12.7 Å². The molecule has 1 atom stereocenters. The molecule has 1 aromatic carbocycles. The lowest BCUT2D eigenvalue weighted by Gasteiger charge is -2.36. The summed E-state index contributed by atoms with van der Waals surface area (Å²) in [4.78, 5) is 20.2. The lowest BCUT2D eigenvalue weighted by atomic mass is 9.90. The smallest absolute Gasteiger partial charge is 0.235 e. The Bertz CT molecular complexity index is 763. The summed E-state index contributed by atoms with van der Waals surface area (Å²) in [6.07, 6.45) is 11.5. The minimum absolute atomic E-state index is 0.0996. The standard InChI is InChI=1S/C23H30N2O3/c1-4-14-24-22(6-3)25(18-10-8-7-9-11-18)23(26)19(5-2)17-12-13-20-21(15-17)28-16-27-20/h4,6,12-15,18-19H,1,5,7-11,16H2,2-3H3/b22-6+,24-14-. The van der Waals surface area contributed by atoms with Gasteiger partial charge in [-0.15, -0.1) is 0 Å². The predicted molar refractivity (Wildman–Crippen MR) is 112 cm³/mol. The second-order valence-electron chi connectivity index (χ2n) is 7.23. The monoisotopic (exact) mass is 382 g/mol. The molecule has 150 valence electrons. The minimum atomic E-state index is -0.245. The molecular weight excluding hydrogens is 352 g/mol. The Morgan fingerprint density at radius 3 is 2.71 bits per heavy atom. The molecule has 1 amide bonds. The van der Waals surface area contributed by atoms with Crippen LogP contribution < -0.4 is 9.47 Å². The average Bonchev–Trinajstić information content (AvgIpc) is 3.20. The maximum absolute atomic E-state index is 13.8. The highest BCUT2D eigenvalue weighted by Crippen LogP contribution is 2.37. The Kier molecular flexibility index (Phi) is 6.90. The van der Waals surface area contributed by atoms with E-state index in [4.69, 9.17) is 9.47 Å². The van der Waals surface area contributed by atoms with Crippen molar-refractivity contribution in [2.24, 2.45) is 4.99 Å². The van der Waals surface area contributed by atoms with Crippen LogP contribution in [0.25, 0.3) is 0 Å². The number of benzene rings is 1. The van der Waals surface area contributed by atoms with Crippen LogP contribution in [-0.4, -0.2) is 29.9 Å². The number of ether oxygens (including phenoxy) is 2. The molecule has 1 heterocycles. The molecule has 1 aromatic rings. The fraction of sp³-hybridized carbons (Fsp3) is 0.478. The fourth-order valence-corrected chi connectivity index (χ4v) is 4.07. The second-order valence-corrected chi connectivity index (χ2v) is 7.23. The second kappa shape index (κ2) is 9.58. The Labute approximate surface area is 167 Å². The summed E-state index contributed by atoms with van der Waals surface area (Å²) in [6.45, 7) is 7.92. The number of rotatable bonds is 7. The van der Waals surface area contributed by atoms with Crippen LogP contribution in [0.3, 0.4) is 0 Å². The molecule has 0 aromatic heterocycles. The molecule has 3 rings (SSSR count). The fourth-order valence-electron chi connectivity index (χ4n) is 4.07. The first kappa shape index (κ1) is 20.2. The third kappa shape index (κ3) is 4.29. The van der Waals surface area contributed by atoms with Gasteiger partial charge < -0.3 is 9.47 Å². The maximum Gasteiger partial charge on any atom is 0.235 e. The molecule has 0 saturated heterocycles. The SMILES string of the molecule is C=C/C=N\C(=C/C)N(C(=O)C(CC)c1ccc2c(c1)OCO2)C1CCCCC1.